The van der Waals surface area contributed by atoms with Crippen molar-refractivity contribution in [2.75, 3.05) is 50.1 Å². The fourth-order valence-corrected chi connectivity index (χ4v) is 3.53. The quantitative estimate of drug-likeness (QED) is 0.421. The molecule has 1 saturated heterocycles. The molecule has 0 aliphatic carbocycles. The van der Waals surface area contributed by atoms with E-state index in [1.54, 1.807) is 18.2 Å². The van der Waals surface area contributed by atoms with Crippen molar-refractivity contribution < 1.29 is 24.1 Å². The number of hydrogen-bond acceptors (Lipinski definition) is 6. The highest BCUT2D eigenvalue weighted by Gasteiger charge is 2.23. The molecule has 1 fully saturated rings. The van der Waals surface area contributed by atoms with Crippen molar-refractivity contribution in [2.45, 2.75) is 6.92 Å². The van der Waals surface area contributed by atoms with E-state index in [0.29, 0.717) is 11.3 Å². The zero-order valence-corrected chi connectivity index (χ0v) is 17.0. The number of anilines is 2. The maximum atomic E-state index is 12.8. The fraction of sp³-hybridized carbons (Fsp3) is 0.333. The lowest BCUT2D eigenvalue weighted by Crippen LogP contribution is -3.14. The third-order valence-electron chi connectivity index (χ3n) is 5.30. The number of ether oxygens (including phenoxy) is 1. The molecule has 1 aliphatic heterocycles. The molecule has 1 aliphatic rings. The summed E-state index contributed by atoms with van der Waals surface area (Å²) in [5.41, 5.74) is 1.59. The molecular formula is C21H25N4O5+. The first-order valence-corrected chi connectivity index (χ1v) is 9.79. The van der Waals surface area contributed by atoms with Gasteiger partial charge in [0.1, 0.15) is 0 Å². The van der Waals surface area contributed by atoms with Gasteiger partial charge in [-0.2, -0.15) is 0 Å². The summed E-state index contributed by atoms with van der Waals surface area (Å²) >= 11 is 0. The molecule has 0 spiro atoms. The lowest BCUT2D eigenvalue weighted by Gasteiger charge is -2.34. The normalized spacial score (nSPS) is 14.3. The third-order valence-corrected chi connectivity index (χ3v) is 5.30. The smallest absolute Gasteiger partial charge is 0.337 e. The van der Waals surface area contributed by atoms with Crippen LogP contribution >= 0.6 is 0 Å². The minimum atomic E-state index is -0.546. The SMILES string of the molecule is CC[NH+]1CCN(c2ccc(C(=O)OC)cc2NC(=O)c2cccc([N+](=O)[O-])c2)CC1. The summed E-state index contributed by atoms with van der Waals surface area (Å²) in [6.45, 7) is 6.81. The van der Waals surface area contributed by atoms with E-state index in [0.717, 1.165) is 38.4 Å². The van der Waals surface area contributed by atoms with Gasteiger partial charge in [0, 0.05) is 17.7 Å². The highest BCUT2D eigenvalue weighted by molar-refractivity contribution is 6.07. The highest BCUT2D eigenvalue weighted by Crippen LogP contribution is 2.28. The molecule has 1 heterocycles. The average molecular weight is 413 g/mol. The highest BCUT2D eigenvalue weighted by atomic mass is 16.6. The molecule has 0 aromatic heterocycles. The molecule has 9 heteroatoms. The van der Waals surface area contributed by atoms with E-state index in [2.05, 4.69) is 17.1 Å². The van der Waals surface area contributed by atoms with Gasteiger partial charge in [0.25, 0.3) is 11.6 Å². The predicted molar refractivity (Wildman–Crippen MR) is 112 cm³/mol. The van der Waals surface area contributed by atoms with Gasteiger partial charge in [-0.3, -0.25) is 14.9 Å². The molecule has 0 radical (unpaired) electrons. The van der Waals surface area contributed by atoms with Crippen LogP contribution in [0, 0.1) is 10.1 Å². The number of nitro groups is 1. The lowest BCUT2D eigenvalue weighted by molar-refractivity contribution is -0.898. The molecule has 158 valence electrons. The van der Waals surface area contributed by atoms with E-state index in [-0.39, 0.29) is 11.3 Å². The number of rotatable bonds is 6. The first kappa shape index (κ1) is 21.3. The van der Waals surface area contributed by atoms with E-state index in [1.807, 2.05) is 0 Å². The van der Waals surface area contributed by atoms with Gasteiger partial charge in [0.2, 0.25) is 0 Å². The van der Waals surface area contributed by atoms with Crippen molar-refractivity contribution in [3.63, 3.8) is 0 Å². The Bertz CT molecular complexity index is 954. The van der Waals surface area contributed by atoms with E-state index in [1.165, 1.54) is 36.3 Å². The number of esters is 1. The molecule has 0 bridgehead atoms. The number of hydrogen-bond donors (Lipinski definition) is 2. The van der Waals surface area contributed by atoms with Gasteiger partial charge in [0.05, 0.1) is 61.7 Å². The van der Waals surface area contributed by atoms with Crippen molar-refractivity contribution in [2.24, 2.45) is 0 Å². The summed E-state index contributed by atoms with van der Waals surface area (Å²) in [4.78, 5) is 38.9. The third kappa shape index (κ3) is 4.74. The molecule has 0 saturated carbocycles. The Labute approximate surface area is 174 Å². The van der Waals surface area contributed by atoms with Crippen LogP contribution < -0.4 is 15.1 Å². The number of piperazine rings is 1. The largest absolute Gasteiger partial charge is 0.465 e. The minimum absolute atomic E-state index is 0.162. The van der Waals surface area contributed by atoms with Gasteiger partial charge >= 0.3 is 5.97 Å². The first-order chi connectivity index (χ1) is 14.4. The molecule has 2 aromatic carbocycles. The summed E-state index contributed by atoms with van der Waals surface area (Å²) in [7, 11) is 1.30. The van der Waals surface area contributed by atoms with Gasteiger partial charge in [-0.05, 0) is 31.2 Å². The zero-order valence-electron chi connectivity index (χ0n) is 17.0. The lowest BCUT2D eigenvalue weighted by atomic mass is 10.1. The van der Waals surface area contributed by atoms with Crippen LogP contribution in [0.5, 0.6) is 0 Å². The average Bonchev–Trinajstić information content (AvgIpc) is 2.78. The molecular weight excluding hydrogens is 388 g/mol. The van der Waals surface area contributed by atoms with Gasteiger partial charge in [-0.1, -0.05) is 6.07 Å². The summed E-state index contributed by atoms with van der Waals surface area (Å²) < 4.78 is 4.79. The predicted octanol–water partition coefficient (Wildman–Crippen LogP) is 1.36. The minimum Gasteiger partial charge on any atom is -0.465 e. The number of non-ortho nitro benzene ring substituents is 1. The summed E-state index contributed by atoms with van der Waals surface area (Å²) in [5, 5.41) is 13.8. The van der Waals surface area contributed by atoms with Crippen molar-refractivity contribution in [3.05, 3.63) is 63.7 Å². The van der Waals surface area contributed by atoms with E-state index >= 15 is 0 Å². The summed E-state index contributed by atoms with van der Waals surface area (Å²) in [6.07, 6.45) is 0. The van der Waals surface area contributed by atoms with Crippen molar-refractivity contribution >= 4 is 28.9 Å². The molecule has 0 atom stereocenters. The van der Waals surface area contributed by atoms with Crippen LogP contribution in [0.3, 0.4) is 0 Å². The van der Waals surface area contributed by atoms with Crippen LogP contribution in [0.15, 0.2) is 42.5 Å². The number of nitrogens with zero attached hydrogens (tertiary/aromatic N) is 2. The van der Waals surface area contributed by atoms with Crippen LogP contribution in [0.1, 0.15) is 27.6 Å². The van der Waals surface area contributed by atoms with E-state index in [4.69, 9.17) is 4.74 Å². The van der Waals surface area contributed by atoms with Gasteiger partial charge < -0.3 is 19.9 Å². The standard InChI is InChI=1S/C21H24N4O5/c1-3-23-9-11-24(12-10-23)19-8-7-16(21(27)30-2)14-18(19)22-20(26)15-5-4-6-17(13-15)25(28)29/h4-8,13-14H,3,9-12H2,1-2H3,(H,22,26)/p+1. The Morgan fingerprint density at radius 2 is 1.90 bits per heavy atom. The van der Waals surface area contributed by atoms with Crippen LogP contribution in [0.25, 0.3) is 0 Å². The first-order valence-electron chi connectivity index (χ1n) is 9.79. The number of benzene rings is 2. The molecule has 2 aromatic rings. The van der Waals surface area contributed by atoms with Gasteiger partial charge in [-0.15, -0.1) is 0 Å². The van der Waals surface area contributed by atoms with Crippen LogP contribution in [0.2, 0.25) is 0 Å². The number of likely N-dealkylation sites (N-methyl/N-ethyl adjacent to an activating group) is 1. The molecule has 30 heavy (non-hydrogen) atoms. The Morgan fingerprint density at radius 1 is 1.17 bits per heavy atom. The second-order valence-corrected chi connectivity index (χ2v) is 7.08. The topological polar surface area (TPSA) is 106 Å². The Hall–Kier alpha value is -3.46. The molecule has 9 nitrogen and oxygen atoms in total. The monoisotopic (exact) mass is 413 g/mol. The number of quaternary nitrogens is 1. The summed E-state index contributed by atoms with van der Waals surface area (Å²) in [6, 6.07) is 10.6. The number of carbonyl (C=O) groups excluding carboxylic acids is 2. The van der Waals surface area contributed by atoms with Crippen molar-refractivity contribution in [3.8, 4) is 0 Å². The van der Waals surface area contributed by atoms with Crippen molar-refractivity contribution in [1.29, 1.82) is 0 Å². The Kier molecular flexibility index (Phi) is 6.63. The van der Waals surface area contributed by atoms with Crippen LogP contribution in [-0.2, 0) is 4.74 Å². The number of carbonyl (C=O) groups is 2. The molecule has 3 rings (SSSR count). The van der Waals surface area contributed by atoms with Crippen LogP contribution in [0.4, 0.5) is 17.1 Å². The second-order valence-electron chi connectivity index (χ2n) is 7.08. The van der Waals surface area contributed by atoms with Crippen molar-refractivity contribution in [1.82, 2.24) is 0 Å². The number of amides is 1. The zero-order chi connectivity index (χ0) is 21.7. The fourth-order valence-electron chi connectivity index (χ4n) is 3.53. The second kappa shape index (κ2) is 9.36. The Balaban J connectivity index is 1.90. The van der Waals surface area contributed by atoms with E-state index in [9.17, 15) is 19.7 Å². The van der Waals surface area contributed by atoms with Crippen LogP contribution in [-0.4, -0.2) is 56.6 Å². The maximum absolute atomic E-state index is 12.8. The van der Waals surface area contributed by atoms with Gasteiger partial charge in [0.15, 0.2) is 0 Å². The molecule has 1 amide bonds. The molecule has 2 N–H and O–H groups in total. The Morgan fingerprint density at radius 3 is 2.53 bits per heavy atom. The number of nitrogens with one attached hydrogen (secondary N) is 2. The van der Waals surface area contributed by atoms with E-state index < -0.39 is 16.8 Å². The molecule has 0 unspecified atom stereocenters. The summed E-state index contributed by atoms with van der Waals surface area (Å²) in [5.74, 6) is -0.993. The maximum Gasteiger partial charge on any atom is 0.337 e. The van der Waals surface area contributed by atoms with Gasteiger partial charge in [-0.25, -0.2) is 4.79 Å². The number of nitro benzene ring substituents is 1. The number of methoxy groups -OCH3 is 1.